The van der Waals surface area contributed by atoms with Crippen LogP contribution in [0.1, 0.15) is 74.1 Å². The molecule has 0 spiro atoms. The van der Waals surface area contributed by atoms with Crippen molar-refractivity contribution in [3.63, 3.8) is 0 Å². The van der Waals surface area contributed by atoms with Crippen molar-refractivity contribution in [3.8, 4) is 0 Å². The second-order valence-electron chi connectivity index (χ2n) is 8.32. The second-order valence-corrected chi connectivity index (χ2v) is 8.32. The lowest BCUT2D eigenvalue weighted by Crippen LogP contribution is -2.58. The Morgan fingerprint density at radius 1 is 1.16 bits per heavy atom. The molecule has 1 fully saturated rings. The minimum atomic E-state index is -0.155. The summed E-state index contributed by atoms with van der Waals surface area (Å²) in [6.45, 7) is 15.5. The fourth-order valence-corrected chi connectivity index (χ4v) is 3.46. The van der Waals surface area contributed by atoms with Gasteiger partial charge in [-0.3, -0.25) is 9.69 Å². The number of carbonyl (C=O) groups excluding carboxylic acids is 1. The summed E-state index contributed by atoms with van der Waals surface area (Å²) < 4.78 is 0. The van der Waals surface area contributed by atoms with Gasteiger partial charge in [0, 0.05) is 22.9 Å². The van der Waals surface area contributed by atoms with Gasteiger partial charge >= 0.3 is 0 Å². The molecule has 1 saturated heterocycles. The van der Waals surface area contributed by atoms with Gasteiger partial charge in [-0.1, -0.05) is 20.8 Å². The molecule has 0 unspecified atom stereocenters. The zero-order valence-electron chi connectivity index (χ0n) is 14.3. The Morgan fingerprint density at radius 3 is 1.95 bits per heavy atom. The summed E-state index contributed by atoms with van der Waals surface area (Å²) in [5, 5.41) is 0. The van der Waals surface area contributed by atoms with Crippen LogP contribution in [0.25, 0.3) is 0 Å². The predicted molar refractivity (Wildman–Crippen MR) is 82.3 cm³/mol. The van der Waals surface area contributed by atoms with Gasteiger partial charge in [0.25, 0.3) is 0 Å². The lowest BCUT2D eigenvalue weighted by Gasteiger charge is -2.54. The molecule has 0 aromatic rings. The Balaban J connectivity index is 2.79. The summed E-state index contributed by atoms with van der Waals surface area (Å²) in [4.78, 5) is 14.9. The molecule has 0 aliphatic carbocycles. The molecule has 2 heteroatoms. The number of hydrogen-bond donors (Lipinski definition) is 0. The lowest BCUT2D eigenvalue weighted by atomic mass is 9.70. The molecule has 1 rings (SSSR count). The van der Waals surface area contributed by atoms with E-state index < -0.39 is 0 Å². The Labute approximate surface area is 119 Å². The summed E-state index contributed by atoms with van der Waals surface area (Å²) >= 11 is 0. The largest absolute Gasteiger partial charge is 0.299 e. The van der Waals surface area contributed by atoms with Gasteiger partial charge in [-0.25, -0.2) is 0 Å². The first-order valence-corrected chi connectivity index (χ1v) is 7.69. The topological polar surface area (TPSA) is 20.3 Å². The third-order valence-electron chi connectivity index (χ3n) is 5.51. The highest BCUT2D eigenvalue weighted by molar-refractivity contribution is 5.84. The number of likely N-dealkylation sites (tertiary alicyclic amines) is 1. The van der Waals surface area contributed by atoms with Crippen molar-refractivity contribution in [2.24, 2.45) is 11.3 Å². The molecule has 0 aromatic heterocycles. The standard InChI is InChI=1S/C17H33NO/c1-9-15(2,3)14(19)10-13-11-16(4,5)18(8)17(6,7)12-13/h13H,9-12H2,1-8H3. The zero-order valence-corrected chi connectivity index (χ0v) is 14.3. The van der Waals surface area contributed by atoms with Crippen molar-refractivity contribution in [2.45, 2.75) is 85.2 Å². The van der Waals surface area contributed by atoms with Crippen LogP contribution in [0.3, 0.4) is 0 Å². The minimum Gasteiger partial charge on any atom is -0.299 e. The Hall–Kier alpha value is -0.370. The minimum absolute atomic E-state index is 0.155. The number of ketones is 1. The number of piperidine rings is 1. The molecule has 0 bridgehead atoms. The maximum absolute atomic E-state index is 12.5. The van der Waals surface area contributed by atoms with Crippen molar-refractivity contribution >= 4 is 5.78 Å². The number of hydrogen-bond acceptors (Lipinski definition) is 2. The molecule has 0 radical (unpaired) electrons. The number of carbonyl (C=O) groups is 1. The molecule has 0 N–H and O–H groups in total. The maximum atomic E-state index is 12.5. The molecule has 0 amide bonds. The quantitative estimate of drug-likeness (QED) is 0.757. The van der Waals surface area contributed by atoms with E-state index in [1.54, 1.807) is 0 Å². The van der Waals surface area contributed by atoms with E-state index in [9.17, 15) is 4.79 Å². The van der Waals surface area contributed by atoms with E-state index in [-0.39, 0.29) is 16.5 Å². The normalized spacial score (nSPS) is 24.4. The van der Waals surface area contributed by atoms with Crippen molar-refractivity contribution in [2.75, 3.05) is 7.05 Å². The van der Waals surface area contributed by atoms with Crippen molar-refractivity contribution in [1.29, 1.82) is 0 Å². The number of Topliss-reactive ketones (excluding diaryl/α,β-unsaturated/α-hetero) is 1. The molecule has 0 aromatic carbocycles. The van der Waals surface area contributed by atoms with Crippen LogP contribution in [-0.4, -0.2) is 28.8 Å². The van der Waals surface area contributed by atoms with Gasteiger partial charge in [-0.05, 0) is 59.9 Å². The van der Waals surface area contributed by atoms with Gasteiger partial charge in [0.05, 0.1) is 0 Å². The molecule has 0 saturated carbocycles. The average Bonchev–Trinajstić information content (AvgIpc) is 2.24. The van der Waals surface area contributed by atoms with Gasteiger partial charge in [-0.2, -0.15) is 0 Å². The first-order valence-electron chi connectivity index (χ1n) is 7.69. The predicted octanol–water partition coefficient (Wildman–Crippen LogP) is 4.28. The van der Waals surface area contributed by atoms with Gasteiger partial charge in [0.15, 0.2) is 0 Å². The molecular weight excluding hydrogens is 234 g/mol. The summed E-state index contributed by atoms with van der Waals surface area (Å²) in [6, 6.07) is 0. The first kappa shape index (κ1) is 16.7. The maximum Gasteiger partial charge on any atom is 0.138 e. The molecule has 0 atom stereocenters. The number of nitrogens with zero attached hydrogens (tertiary/aromatic N) is 1. The summed E-state index contributed by atoms with van der Waals surface area (Å²) in [5.41, 5.74) is 0.212. The van der Waals surface area contributed by atoms with Gasteiger partial charge in [-0.15, -0.1) is 0 Å². The van der Waals surface area contributed by atoms with Crippen molar-refractivity contribution in [1.82, 2.24) is 4.90 Å². The average molecular weight is 267 g/mol. The molecule has 2 nitrogen and oxygen atoms in total. The molecule has 19 heavy (non-hydrogen) atoms. The highest BCUT2D eigenvalue weighted by atomic mass is 16.1. The van der Waals surface area contributed by atoms with Crippen LogP contribution in [0.4, 0.5) is 0 Å². The fourth-order valence-electron chi connectivity index (χ4n) is 3.46. The van der Waals surface area contributed by atoms with Crippen molar-refractivity contribution in [3.05, 3.63) is 0 Å². The van der Waals surface area contributed by atoms with Crippen LogP contribution in [0.2, 0.25) is 0 Å². The van der Waals surface area contributed by atoms with Crippen molar-refractivity contribution < 1.29 is 4.79 Å². The molecule has 1 aliphatic heterocycles. The summed E-state index contributed by atoms with van der Waals surface area (Å²) in [7, 11) is 2.22. The second kappa shape index (κ2) is 5.20. The lowest BCUT2D eigenvalue weighted by molar-refractivity contribution is -0.130. The Kier molecular flexibility index (Phi) is 4.56. The molecule has 112 valence electrons. The van der Waals surface area contributed by atoms with E-state index in [1.165, 1.54) is 0 Å². The summed E-state index contributed by atoms with van der Waals surface area (Å²) in [5.74, 6) is 0.968. The fraction of sp³-hybridized carbons (Fsp3) is 0.941. The molecule has 1 heterocycles. The Morgan fingerprint density at radius 2 is 1.58 bits per heavy atom. The van der Waals surface area contributed by atoms with Crippen LogP contribution >= 0.6 is 0 Å². The van der Waals surface area contributed by atoms with E-state index in [2.05, 4.69) is 60.4 Å². The SMILES string of the molecule is CCC(C)(C)C(=O)CC1CC(C)(C)N(C)C(C)(C)C1. The van der Waals surface area contributed by atoms with Gasteiger partial charge in [0.1, 0.15) is 5.78 Å². The van der Waals surface area contributed by atoms with E-state index in [1.807, 2.05) is 0 Å². The van der Waals surface area contributed by atoms with E-state index in [4.69, 9.17) is 0 Å². The Bertz CT molecular complexity index is 323. The van der Waals surface area contributed by atoms with E-state index in [0.29, 0.717) is 11.7 Å². The molecular formula is C17H33NO. The highest BCUT2D eigenvalue weighted by Crippen LogP contribution is 2.42. The van der Waals surface area contributed by atoms with Crippen LogP contribution in [-0.2, 0) is 4.79 Å². The number of rotatable bonds is 4. The van der Waals surface area contributed by atoms with Crippen LogP contribution in [0.15, 0.2) is 0 Å². The summed E-state index contributed by atoms with van der Waals surface area (Å²) in [6.07, 6.45) is 3.93. The highest BCUT2D eigenvalue weighted by Gasteiger charge is 2.44. The van der Waals surface area contributed by atoms with Crippen LogP contribution in [0.5, 0.6) is 0 Å². The monoisotopic (exact) mass is 267 g/mol. The smallest absolute Gasteiger partial charge is 0.138 e. The van der Waals surface area contributed by atoms with Crippen LogP contribution in [0, 0.1) is 11.3 Å². The van der Waals surface area contributed by atoms with E-state index >= 15 is 0 Å². The van der Waals surface area contributed by atoms with Gasteiger partial charge in [0.2, 0.25) is 0 Å². The van der Waals surface area contributed by atoms with Gasteiger partial charge < -0.3 is 0 Å². The van der Waals surface area contributed by atoms with E-state index in [0.717, 1.165) is 25.7 Å². The first-order chi connectivity index (χ1) is 8.42. The third-order valence-corrected chi connectivity index (χ3v) is 5.51. The zero-order chi connectivity index (χ0) is 15.1. The van der Waals surface area contributed by atoms with Crippen LogP contribution < -0.4 is 0 Å². The third kappa shape index (κ3) is 3.59. The molecule has 1 aliphatic rings.